The molecule has 15 heteroatoms. The van der Waals surface area contributed by atoms with Gasteiger partial charge in [0.05, 0.1) is 0 Å². The molecule has 3 aliphatic heterocycles. The first kappa shape index (κ1) is 53.8. The zero-order valence-corrected chi connectivity index (χ0v) is 42.6. The van der Waals surface area contributed by atoms with Gasteiger partial charge in [-0.2, -0.15) is 0 Å². The largest absolute Gasteiger partial charge is 0.459 e. The molecule has 0 aliphatic carbocycles. The number of alkyl carbamates (subject to hydrolysis) is 1. The summed E-state index contributed by atoms with van der Waals surface area (Å²) in [5, 5.41) is 5.72. The molecule has 73 heavy (non-hydrogen) atoms. The highest BCUT2D eigenvalue weighted by atomic mass is 16.5. The minimum Gasteiger partial charge on any atom is -0.459 e. The van der Waals surface area contributed by atoms with Gasteiger partial charge in [-0.1, -0.05) is 142 Å². The number of benzene rings is 4. The van der Waals surface area contributed by atoms with E-state index in [2.05, 4.69) is 10.6 Å². The lowest BCUT2D eigenvalue weighted by molar-refractivity contribution is -0.162. The van der Waals surface area contributed by atoms with E-state index in [0.717, 1.165) is 28.7 Å². The first-order chi connectivity index (χ1) is 35.4. The zero-order chi connectivity index (χ0) is 51.7. The van der Waals surface area contributed by atoms with E-state index in [0.29, 0.717) is 70.9 Å². The second kappa shape index (κ2) is 26.6. The van der Waals surface area contributed by atoms with Crippen LogP contribution in [-0.2, 0) is 64.3 Å². The lowest BCUT2D eigenvalue weighted by atomic mass is 9.92. The molecule has 1 unspecified atom stereocenters. The van der Waals surface area contributed by atoms with Gasteiger partial charge < -0.3 is 39.7 Å². The summed E-state index contributed by atoms with van der Waals surface area (Å²) in [4.78, 5) is 108. The van der Waals surface area contributed by atoms with Crippen LogP contribution in [0.3, 0.4) is 0 Å². The van der Waals surface area contributed by atoms with E-state index in [-0.39, 0.29) is 56.2 Å². The highest BCUT2D eigenvalue weighted by Crippen LogP contribution is 2.29. The Morgan fingerprint density at radius 1 is 0.562 bits per heavy atom. The van der Waals surface area contributed by atoms with Crippen molar-refractivity contribution in [2.45, 2.75) is 140 Å². The number of nitrogens with zero attached hydrogens (tertiary/aromatic N) is 4. The molecule has 3 heterocycles. The van der Waals surface area contributed by atoms with E-state index in [9.17, 15) is 24.0 Å². The number of carbonyl (C=O) groups excluding carboxylic acids is 7. The average Bonchev–Trinajstić information content (AvgIpc) is 3.44. The predicted octanol–water partition coefficient (Wildman–Crippen LogP) is 7.01. The number of likely N-dealkylation sites (tertiary alicyclic amines) is 3. The third kappa shape index (κ3) is 14.4. The van der Waals surface area contributed by atoms with Crippen molar-refractivity contribution in [3.63, 3.8) is 0 Å². The van der Waals surface area contributed by atoms with Crippen LogP contribution in [0.25, 0.3) is 0 Å². The van der Waals surface area contributed by atoms with Crippen molar-refractivity contribution in [2.24, 2.45) is 5.92 Å². The maximum Gasteiger partial charge on any atom is 0.408 e. The number of amides is 6. The van der Waals surface area contributed by atoms with E-state index < -0.39 is 60.1 Å². The van der Waals surface area contributed by atoms with Gasteiger partial charge in [0.1, 0.15) is 49.5 Å². The Morgan fingerprint density at radius 3 is 1.58 bits per heavy atom. The molecule has 3 saturated heterocycles. The Labute approximate surface area is 429 Å². The first-order valence-electron chi connectivity index (χ1n) is 26.2. The van der Waals surface area contributed by atoms with Crippen LogP contribution < -0.4 is 10.6 Å². The number of piperidine rings is 3. The van der Waals surface area contributed by atoms with Crippen LogP contribution in [0.4, 0.5) is 4.79 Å². The predicted molar refractivity (Wildman–Crippen MR) is 276 cm³/mol. The summed E-state index contributed by atoms with van der Waals surface area (Å²) >= 11 is 0. The molecule has 3 aliphatic rings. The van der Waals surface area contributed by atoms with Gasteiger partial charge in [-0.15, -0.1) is 0 Å². The van der Waals surface area contributed by atoms with Gasteiger partial charge in [0.15, 0.2) is 0 Å². The smallest absolute Gasteiger partial charge is 0.408 e. The number of likely N-dealkylation sites (N-methyl/N-ethyl adjacent to an activating group) is 1. The minimum atomic E-state index is -1.09. The summed E-state index contributed by atoms with van der Waals surface area (Å²) in [5.41, 5.74) is 3.25. The molecule has 0 aromatic heterocycles. The highest BCUT2D eigenvalue weighted by Gasteiger charge is 2.46. The van der Waals surface area contributed by atoms with Crippen LogP contribution >= 0.6 is 0 Å². The summed E-state index contributed by atoms with van der Waals surface area (Å²) in [6, 6.07) is 31.6. The first-order valence-corrected chi connectivity index (χ1v) is 26.2. The standard InChI is InChI=1S/C58H72N6O9/c1-4-41(2)51(60-52(65)46(37-42-23-9-5-10-24-42)59-58(71)73-40-45-29-15-8-16-30-45)56(69)63-35-21-18-32-48(63)54(67)62-34-20-17-31-47(62)53(66)61(3)50(38-43-25-11-6-12-26-43)55(68)64-36-22-19-33-49(64)57(70)72-39-44-27-13-7-14-28-44/h5-16,23-30,41,46-51H,4,17-22,31-40H2,1-3H3,(H,59,71)(H,60,65)/t41?,46-,47+,48-,49+,50-,51+/m1/s1. The van der Waals surface area contributed by atoms with Gasteiger partial charge in [-0.05, 0) is 86.0 Å². The number of rotatable bonds is 19. The Morgan fingerprint density at radius 2 is 1.03 bits per heavy atom. The highest BCUT2D eigenvalue weighted by molar-refractivity contribution is 5.97. The molecule has 0 radical (unpaired) electrons. The molecule has 0 spiro atoms. The zero-order valence-electron chi connectivity index (χ0n) is 42.6. The fraction of sp³-hybridized carbons (Fsp3) is 0.466. The van der Waals surface area contributed by atoms with Gasteiger partial charge in [0.25, 0.3) is 0 Å². The maximum absolute atomic E-state index is 15.1. The number of hydrogen-bond donors (Lipinski definition) is 2. The Balaban J connectivity index is 1.08. The summed E-state index contributed by atoms with van der Waals surface area (Å²) in [5.74, 6) is -2.90. The van der Waals surface area contributed by atoms with Crippen LogP contribution in [0, 0.1) is 5.92 Å². The van der Waals surface area contributed by atoms with Gasteiger partial charge in [-0.25, -0.2) is 9.59 Å². The SMILES string of the molecule is CCC(C)[C@H](NC(=O)[C@@H](Cc1ccccc1)NC(=O)OCc1ccccc1)C(=O)N1CCCC[C@@H]1C(=O)N1CCCC[C@H]1C(=O)N(C)[C@H](Cc1ccccc1)C(=O)N1CCCC[C@H]1C(=O)OCc1ccccc1. The van der Waals surface area contributed by atoms with E-state index in [4.69, 9.17) is 9.47 Å². The Hall–Kier alpha value is -7.03. The Kier molecular flexibility index (Phi) is 19.6. The van der Waals surface area contributed by atoms with Gasteiger partial charge in [0.2, 0.25) is 29.5 Å². The van der Waals surface area contributed by atoms with Crippen molar-refractivity contribution in [1.82, 2.24) is 30.2 Å². The maximum atomic E-state index is 15.1. The number of carbonyl (C=O) groups is 7. The van der Waals surface area contributed by atoms with Crippen molar-refractivity contribution in [3.8, 4) is 0 Å². The fourth-order valence-electron chi connectivity index (χ4n) is 10.2. The molecule has 3 fully saturated rings. The molecule has 388 valence electrons. The molecule has 4 aromatic rings. The van der Waals surface area contributed by atoms with E-state index in [1.54, 1.807) is 21.7 Å². The number of esters is 1. The van der Waals surface area contributed by atoms with Crippen LogP contribution in [0.5, 0.6) is 0 Å². The van der Waals surface area contributed by atoms with Crippen molar-refractivity contribution in [1.29, 1.82) is 0 Å². The molecule has 2 N–H and O–H groups in total. The summed E-state index contributed by atoms with van der Waals surface area (Å²) in [6.45, 7) is 4.78. The van der Waals surface area contributed by atoms with Gasteiger partial charge >= 0.3 is 12.1 Å². The molecule has 7 atom stereocenters. The van der Waals surface area contributed by atoms with E-state index >= 15 is 9.59 Å². The summed E-state index contributed by atoms with van der Waals surface area (Å²) in [6.07, 6.45) is 5.36. The van der Waals surface area contributed by atoms with E-state index in [1.807, 2.05) is 135 Å². The van der Waals surface area contributed by atoms with E-state index in [1.165, 1.54) is 4.90 Å². The van der Waals surface area contributed by atoms with Crippen LogP contribution in [-0.4, -0.2) is 124 Å². The van der Waals surface area contributed by atoms with Crippen LogP contribution in [0.1, 0.15) is 100 Å². The normalized spacial score (nSPS) is 19.5. The molecule has 15 nitrogen and oxygen atoms in total. The molecular formula is C58H72N6O9. The lowest BCUT2D eigenvalue weighted by Gasteiger charge is -2.44. The van der Waals surface area contributed by atoms with Crippen LogP contribution in [0.2, 0.25) is 0 Å². The molecule has 6 amide bonds. The van der Waals surface area contributed by atoms with Crippen molar-refractivity contribution < 1.29 is 43.0 Å². The van der Waals surface area contributed by atoms with Gasteiger partial charge in [-0.3, -0.25) is 24.0 Å². The average molecular weight is 997 g/mol. The number of ether oxygens (including phenoxy) is 2. The monoisotopic (exact) mass is 997 g/mol. The fourth-order valence-corrected chi connectivity index (χ4v) is 10.2. The van der Waals surface area contributed by atoms with Crippen LogP contribution in [0.15, 0.2) is 121 Å². The second-order valence-electron chi connectivity index (χ2n) is 19.7. The van der Waals surface area contributed by atoms with Gasteiger partial charge in [0, 0.05) is 39.5 Å². The quantitative estimate of drug-likeness (QED) is 0.0937. The van der Waals surface area contributed by atoms with Crippen molar-refractivity contribution in [3.05, 3.63) is 144 Å². The van der Waals surface area contributed by atoms with Crippen molar-refractivity contribution in [2.75, 3.05) is 26.7 Å². The number of hydrogen-bond acceptors (Lipinski definition) is 9. The minimum absolute atomic E-state index is 0.00376. The lowest BCUT2D eigenvalue weighted by Crippen LogP contribution is -2.64. The topological polar surface area (TPSA) is 175 Å². The molecular weight excluding hydrogens is 925 g/mol. The third-order valence-electron chi connectivity index (χ3n) is 14.7. The molecule has 0 bridgehead atoms. The number of nitrogens with one attached hydrogen (secondary N) is 2. The third-order valence-corrected chi connectivity index (χ3v) is 14.7. The molecule has 7 rings (SSSR count). The summed E-state index contributed by atoms with van der Waals surface area (Å²) < 4.78 is 11.3. The Bertz CT molecular complexity index is 2460. The van der Waals surface area contributed by atoms with Crippen molar-refractivity contribution >= 4 is 41.6 Å². The molecule has 4 aromatic carbocycles. The molecule has 0 saturated carbocycles. The summed E-state index contributed by atoms with van der Waals surface area (Å²) in [7, 11) is 1.61. The second-order valence-corrected chi connectivity index (χ2v) is 19.7.